The van der Waals surface area contributed by atoms with Gasteiger partial charge in [0.25, 0.3) is 0 Å². The van der Waals surface area contributed by atoms with E-state index in [-0.39, 0.29) is 18.2 Å². The minimum absolute atomic E-state index is 0. The van der Waals surface area contributed by atoms with Crippen LogP contribution < -0.4 is 10.5 Å². The van der Waals surface area contributed by atoms with Crippen LogP contribution in [-0.2, 0) is 10.0 Å². The molecule has 1 rings (SSSR count). The van der Waals surface area contributed by atoms with E-state index in [9.17, 15) is 8.42 Å². The summed E-state index contributed by atoms with van der Waals surface area (Å²) < 4.78 is 24.9. The lowest BCUT2D eigenvalue weighted by Gasteiger charge is -2.29. The average molecular weight is 272 g/mol. The first-order valence-corrected chi connectivity index (χ1v) is 7.14. The van der Waals surface area contributed by atoms with Crippen LogP contribution >= 0.6 is 12.4 Å². The first-order chi connectivity index (χ1) is 7.03. The third-order valence-electron chi connectivity index (χ3n) is 2.76. The van der Waals surface area contributed by atoms with Gasteiger partial charge in [0.2, 0.25) is 10.0 Å². The minimum Gasteiger partial charge on any atom is -0.328 e. The minimum atomic E-state index is -3.03. The largest absolute Gasteiger partial charge is 0.328 e. The molecule has 0 spiro atoms. The molecule has 1 saturated heterocycles. The number of likely N-dealkylation sites (tertiary alicyclic amines) is 1. The zero-order valence-electron chi connectivity index (χ0n) is 9.68. The number of nitrogens with zero attached hydrogens (tertiary/aromatic N) is 1. The fourth-order valence-corrected chi connectivity index (χ4v) is 2.24. The van der Waals surface area contributed by atoms with Crippen LogP contribution in [0, 0.1) is 0 Å². The SMILES string of the molecule is CCS(=O)(=O)NCCN1CCC(N)CC1.Cl. The highest BCUT2D eigenvalue weighted by molar-refractivity contribution is 7.89. The van der Waals surface area contributed by atoms with Crippen LogP contribution in [0.4, 0.5) is 0 Å². The Morgan fingerprint density at radius 1 is 1.38 bits per heavy atom. The van der Waals surface area contributed by atoms with Crippen molar-refractivity contribution < 1.29 is 8.42 Å². The van der Waals surface area contributed by atoms with Crippen molar-refractivity contribution in [3.05, 3.63) is 0 Å². The zero-order chi connectivity index (χ0) is 11.3. The molecule has 0 bridgehead atoms. The number of piperidine rings is 1. The smallest absolute Gasteiger partial charge is 0.211 e. The molecular weight excluding hydrogens is 250 g/mol. The molecule has 3 N–H and O–H groups in total. The zero-order valence-corrected chi connectivity index (χ0v) is 11.3. The second-order valence-electron chi connectivity index (χ2n) is 3.98. The summed E-state index contributed by atoms with van der Waals surface area (Å²) in [5.41, 5.74) is 5.78. The van der Waals surface area contributed by atoms with Crippen molar-refractivity contribution in [2.75, 3.05) is 31.9 Å². The van der Waals surface area contributed by atoms with Gasteiger partial charge in [0.05, 0.1) is 5.75 Å². The van der Waals surface area contributed by atoms with Gasteiger partial charge in [-0.05, 0) is 32.9 Å². The number of hydrogen-bond donors (Lipinski definition) is 2. The van der Waals surface area contributed by atoms with Gasteiger partial charge in [-0.15, -0.1) is 12.4 Å². The summed E-state index contributed by atoms with van der Waals surface area (Å²) in [6, 6.07) is 0.327. The van der Waals surface area contributed by atoms with Crippen LogP contribution in [0.3, 0.4) is 0 Å². The van der Waals surface area contributed by atoms with Crippen LogP contribution in [0.2, 0.25) is 0 Å². The fraction of sp³-hybridized carbons (Fsp3) is 1.00. The van der Waals surface area contributed by atoms with Crippen LogP contribution in [0.1, 0.15) is 19.8 Å². The monoisotopic (exact) mass is 271 g/mol. The Bertz CT molecular complexity index is 276. The van der Waals surface area contributed by atoms with Crippen LogP contribution in [0.15, 0.2) is 0 Å². The third-order valence-corrected chi connectivity index (χ3v) is 4.17. The van der Waals surface area contributed by atoms with Gasteiger partial charge in [-0.2, -0.15) is 0 Å². The Morgan fingerprint density at radius 2 is 1.94 bits per heavy atom. The Labute approximate surface area is 104 Å². The second kappa shape index (κ2) is 7.45. The van der Waals surface area contributed by atoms with E-state index in [1.165, 1.54) is 0 Å². The topological polar surface area (TPSA) is 75.4 Å². The molecule has 0 unspecified atom stereocenters. The first-order valence-electron chi connectivity index (χ1n) is 5.49. The highest BCUT2D eigenvalue weighted by Gasteiger charge is 2.15. The molecule has 0 aliphatic carbocycles. The Balaban J connectivity index is 0.00000225. The molecule has 16 heavy (non-hydrogen) atoms. The normalized spacial score (nSPS) is 19.4. The van der Waals surface area contributed by atoms with E-state index in [0.717, 1.165) is 32.5 Å². The number of hydrogen-bond acceptors (Lipinski definition) is 4. The summed E-state index contributed by atoms with van der Waals surface area (Å²) in [5, 5.41) is 0. The van der Waals surface area contributed by atoms with E-state index < -0.39 is 10.0 Å². The van der Waals surface area contributed by atoms with E-state index in [1.54, 1.807) is 6.92 Å². The highest BCUT2D eigenvalue weighted by Crippen LogP contribution is 2.06. The van der Waals surface area contributed by atoms with E-state index in [2.05, 4.69) is 9.62 Å². The molecule has 1 aliphatic heterocycles. The predicted molar refractivity (Wildman–Crippen MR) is 68.4 cm³/mol. The summed E-state index contributed by atoms with van der Waals surface area (Å²) in [6.45, 7) is 4.89. The van der Waals surface area contributed by atoms with Gasteiger partial charge < -0.3 is 10.6 Å². The molecule has 0 aromatic carbocycles. The summed E-state index contributed by atoms with van der Waals surface area (Å²) in [4.78, 5) is 2.25. The molecule has 0 saturated carbocycles. The lowest BCUT2D eigenvalue weighted by molar-refractivity contribution is 0.217. The Kier molecular flexibility index (Phi) is 7.50. The molecule has 0 aromatic rings. The van der Waals surface area contributed by atoms with Crippen LogP contribution in [0.25, 0.3) is 0 Å². The molecule has 0 radical (unpaired) electrons. The molecule has 98 valence electrons. The van der Waals surface area contributed by atoms with Crippen molar-refractivity contribution in [2.24, 2.45) is 5.73 Å². The van der Waals surface area contributed by atoms with Gasteiger partial charge in [0.1, 0.15) is 0 Å². The predicted octanol–water partition coefficient (Wildman–Crippen LogP) is -0.229. The van der Waals surface area contributed by atoms with Crippen molar-refractivity contribution in [3.63, 3.8) is 0 Å². The van der Waals surface area contributed by atoms with Gasteiger partial charge in [-0.1, -0.05) is 0 Å². The van der Waals surface area contributed by atoms with E-state index in [0.29, 0.717) is 12.6 Å². The van der Waals surface area contributed by atoms with Crippen molar-refractivity contribution in [1.29, 1.82) is 0 Å². The van der Waals surface area contributed by atoms with E-state index >= 15 is 0 Å². The third kappa shape index (κ3) is 6.00. The highest BCUT2D eigenvalue weighted by atomic mass is 35.5. The second-order valence-corrected chi connectivity index (χ2v) is 6.07. The molecule has 0 atom stereocenters. The van der Waals surface area contributed by atoms with E-state index in [4.69, 9.17) is 5.73 Å². The summed E-state index contributed by atoms with van der Waals surface area (Å²) in [5.74, 6) is 0.151. The molecular formula is C9H22ClN3O2S. The lowest BCUT2D eigenvalue weighted by atomic mass is 10.1. The van der Waals surface area contributed by atoms with Crippen molar-refractivity contribution in [2.45, 2.75) is 25.8 Å². The molecule has 1 aliphatic rings. The number of sulfonamides is 1. The summed E-state index contributed by atoms with van der Waals surface area (Å²) in [7, 11) is -3.03. The molecule has 5 nitrogen and oxygen atoms in total. The Morgan fingerprint density at radius 3 is 2.44 bits per heavy atom. The van der Waals surface area contributed by atoms with Gasteiger partial charge in [0, 0.05) is 19.1 Å². The summed E-state index contributed by atoms with van der Waals surface area (Å²) >= 11 is 0. The fourth-order valence-electron chi connectivity index (χ4n) is 1.64. The quantitative estimate of drug-likeness (QED) is 0.724. The van der Waals surface area contributed by atoms with Gasteiger partial charge >= 0.3 is 0 Å². The van der Waals surface area contributed by atoms with Gasteiger partial charge in [-0.25, -0.2) is 13.1 Å². The molecule has 7 heteroatoms. The molecule has 1 fully saturated rings. The number of rotatable bonds is 5. The maximum atomic E-state index is 11.1. The lowest BCUT2D eigenvalue weighted by Crippen LogP contribution is -2.43. The van der Waals surface area contributed by atoms with Crippen LogP contribution in [0.5, 0.6) is 0 Å². The number of halogens is 1. The number of nitrogens with one attached hydrogen (secondary N) is 1. The molecule has 1 heterocycles. The van der Waals surface area contributed by atoms with E-state index in [1.807, 2.05) is 0 Å². The van der Waals surface area contributed by atoms with Crippen molar-refractivity contribution in [3.8, 4) is 0 Å². The molecule has 0 aromatic heterocycles. The summed E-state index contributed by atoms with van der Waals surface area (Å²) in [6.07, 6.45) is 2.03. The van der Waals surface area contributed by atoms with Crippen molar-refractivity contribution >= 4 is 22.4 Å². The van der Waals surface area contributed by atoms with Gasteiger partial charge in [-0.3, -0.25) is 0 Å². The van der Waals surface area contributed by atoms with Crippen LogP contribution in [-0.4, -0.2) is 51.3 Å². The maximum Gasteiger partial charge on any atom is 0.211 e. The average Bonchev–Trinajstić information content (AvgIpc) is 2.21. The maximum absolute atomic E-state index is 11.1. The first kappa shape index (κ1) is 16.1. The standard InChI is InChI=1S/C9H21N3O2S.ClH/c1-2-15(13,14)11-5-8-12-6-3-9(10)4-7-12;/h9,11H,2-8,10H2,1H3;1H. The number of nitrogens with two attached hydrogens (primary N) is 1. The Hall–Kier alpha value is 0.120. The van der Waals surface area contributed by atoms with Gasteiger partial charge in [0.15, 0.2) is 0 Å². The molecule has 0 amide bonds. The van der Waals surface area contributed by atoms with Crippen molar-refractivity contribution in [1.82, 2.24) is 9.62 Å².